The van der Waals surface area contributed by atoms with Crippen molar-refractivity contribution in [2.45, 2.75) is 57.0 Å². The lowest BCUT2D eigenvalue weighted by Crippen LogP contribution is -2.56. The van der Waals surface area contributed by atoms with Crippen LogP contribution < -0.4 is 10.2 Å². The fraction of sp³-hybridized carbons (Fsp3) is 0.581. The number of piperazine rings is 1. The Balaban J connectivity index is 1.19. The first kappa shape index (κ1) is 28.9. The maximum atomic E-state index is 13.2. The summed E-state index contributed by atoms with van der Waals surface area (Å²) >= 11 is 0. The van der Waals surface area contributed by atoms with E-state index in [2.05, 4.69) is 44.3 Å². The molecule has 0 bridgehead atoms. The summed E-state index contributed by atoms with van der Waals surface area (Å²) in [6, 6.07) is 16.5. The van der Waals surface area contributed by atoms with Crippen LogP contribution >= 0.6 is 0 Å². The zero-order chi connectivity index (χ0) is 28.0. The molecule has 3 saturated heterocycles. The molecular weight excluding hydrogens is 517 g/mol. The van der Waals surface area contributed by atoms with Gasteiger partial charge in [-0.2, -0.15) is 13.2 Å². The number of alkyl halides is 3. The number of likely N-dealkylation sites (tertiary alicyclic amines) is 1. The molecule has 3 aliphatic rings. The largest absolute Gasteiger partial charge is 0.416 e. The Kier molecular flexibility index (Phi) is 9.65. The molecule has 0 unspecified atom stereocenters. The van der Waals surface area contributed by atoms with Crippen molar-refractivity contribution in [3.63, 3.8) is 0 Å². The van der Waals surface area contributed by atoms with E-state index < -0.39 is 11.7 Å². The Morgan fingerprint density at radius 3 is 2.50 bits per heavy atom. The van der Waals surface area contributed by atoms with Crippen molar-refractivity contribution in [3.8, 4) is 0 Å². The number of carbonyl (C=O) groups is 1. The van der Waals surface area contributed by atoms with Gasteiger partial charge in [0.2, 0.25) is 5.91 Å². The monoisotopic (exact) mass is 558 g/mol. The Bertz CT molecular complexity index is 1090. The molecule has 3 aliphatic heterocycles. The van der Waals surface area contributed by atoms with Crippen LogP contribution in [0.2, 0.25) is 0 Å². The highest BCUT2D eigenvalue weighted by Crippen LogP contribution is 2.33. The predicted octanol–water partition coefficient (Wildman–Crippen LogP) is 4.79. The summed E-state index contributed by atoms with van der Waals surface area (Å²) < 4.78 is 45.4. The van der Waals surface area contributed by atoms with Crippen molar-refractivity contribution < 1.29 is 22.7 Å². The predicted molar refractivity (Wildman–Crippen MR) is 150 cm³/mol. The van der Waals surface area contributed by atoms with Gasteiger partial charge in [-0.3, -0.25) is 14.6 Å². The number of piperidine rings is 1. The highest BCUT2D eigenvalue weighted by Gasteiger charge is 2.36. The average molecular weight is 559 g/mol. The smallest absolute Gasteiger partial charge is 0.376 e. The SMILES string of the molecule is O=C(CC[C@H]1CN(Cc2ccccc2)CC[C@H]1N1CCN(c2cccc(C(F)(F)F)c2)CC1)NC[C@H]1CCCO1. The molecule has 0 aliphatic carbocycles. The molecule has 40 heavy (non-hydrogen) atoms. The number of halogens is 3. The first-order chi connectivity index (χ1) is 19.3. The van der Waals surface area contributed by atoms with Crippen molar-refractivity contribution >= 4 is 11.6 Å². The molecule has 3 atom stereocenters. The molecule has 1 amide bonds. The van der Waals surface area contributed by atoms with Gasteiger partial charge in [0.25, 0.3) is 0 Å². The minimum atomic E-state index is -4.34. The van der Waals surface area contributed by atoms with Gasteiger partial charge in [-0.05, 0) is 61.9 Å². The topological polar surface area (TPSA) is 48.1 Å². The summed E-state index contributed by atoms with van der Waals surface area (Å²) in [5, 5.41) is 3.07. The van der Waals surface area contributed by atoms with Crippen LogP contribution in [0.5, 0.6) is 0 Å². The van der Waals surface area contributed by atoms with Gasteiger partial charge in [-0.15, -0.1) is 0 Å². The van der Waals surface area contributed by atoms with Crippen molar-refractivity contribution in [1.82, 2.24) is 15.1 Å². The van der Waals surface area contributed by atoms with Crippen LogP contribution in [0, 0.1) is 5.92 Å². The van der Waals surface area contributed by atoms with E-state index in [1.165, 1.54) is 17.7 Å². The standard InChI is InChI=1S/C31H41F3N4O2/c32-31(33,34)26-8-4-9-27(20-26)37-15-17-38(18-16-37)29-13-14-36(22-24-6-2-1-3-7-24)23-25(29)11-12-30(39)35-21-28-10-5-19-40-28/h1-4,6-9,20,25,28-29H,5,10-19,21-23H2,(H,35,39)/t25-,28+,29+/m0/s1. The van der Waals surface area contributed by atoms with Crippen LogP contribution in [0.1, 0.15) is 43.2 Å². The lowest BCUT2D eigenvalue weighted by atomic mass is 9.86. The molecule has 1 N–H and O–H groups in total. The second kappa shape index (κ2) is 13.4. The molecule has 3 fully saturated rings. The van der Waals surface area contributed by atoms with E-state index in [0.29, 0.717) is 43.7 Å². The Morgan fingerprint density at radius 2 is 1.77 bits per heavy atom. The lowest BCUT2D eigenvalue weighted by Gasteiger charge is -2.47. The third kappa shape index (κ3) is 7.77. The van der Waals surface area contributed by atoms with Crippen molar-refractivity contribution in [2.24, 2.45) is 5.92 Å². The third-order valence-corrected chi connectivity index (χ3v) is 8.64. The highest BCUT2D eigenvalue weighted by molar-refractivity contribution is 5.75. The van der Waals surface area contributed by atoms with E-state index in [0.717, 1.165) is 71.1 Å². The Labute approximate surface area is 235 Å². The molecule has 0 spiro atoms. The zero-order valence-corrected chi connectivity index (χ0v) is 23.1. The number of ether oxygens (including phenoxy) is 1. The molecule has 2 aromatic rings. The third-order valence-electron chi connectivity index (χ3n) is 8.64. The number of hydrogen-bond acceptors (Lipinski definition) is 5. The molecule has 0 saturated carbocycles. The fourth-order valence-corrected chi connectivity index (χ4v) is 6.47. The minimum Gasteiger partial charge on any atom is -0.376 e. The Hall–Kier alpha value is -2.62. The first-order valence-electron chi connectivity index (χ1n) is 14.7. The van der Waals surface area contributed by atoms with E-state index in [4.69, 9.17) is 4.74 Å². The van der Waals surface area contributed by atoms with Crippen molar-refractivity contribution in [2.75, 3.05) is 57.3 Å². The summed E-state index contributed by atoms with van der Waals surface area (Å²) in [6.45, 7) is 7.20. The van der Waals surface area contributed by atoms with Gasteiger partial charge in [0, 0.05) is 70.6 Å². The number of anilines is 1. The van der Waals surface area contributed by atoms with Crippen LogP contribution in [-0.4, -0.2) is 80.3 Å². The second-order valence-corrected chi connectivity index (χ2v) is 11.4. The number of carbonyl (C=O) groups excluding carboxylic acids is 1. The molecule has 6 nitrogen and oxygen atoms in total. The highest BCUT2D eigenvalue weighted by atomic mass is 19.4. The number of hydrogen-bond donors (Lipinski definition) is 1. The van der Waals surface area contributed by atoms with Crippen LogP contribution in [0.15, 0.2) is 54.6 Å². The molecule has 3 heterocycles. The quantitative estimate of drug-likeness (QED) is 0.480. The molecule has 0 radical (unpaired) electrons. The summed E-state index contributed by atoms with van der Waals surface area (Å²) in [6.07, 6.45) is 0.210. The van der Waals surface area contributed by atoms with E-state index >= 15 is 0 Å². The van der Waals surface area contributed by atoms with E-state index in [-0.39, 0.29) is 12.0 Å². The van der Waals surface area contributed by atoms with E-state index in [9.17, 15) is 18.0 Å². The molecule has 5 rings (SSSR count). The van der Waals surface area contributed by atoms with Crippen LogP contribution in [0.3, 0.4) is 0 Å². The first-order valence-corrected chi connectivity index (χ1v) is 14.7. The summed E-state index contributed by atoms with van der Waals surface area (Å²) in [5.74, 6) is 0.440. The van der Waals surface area contributed by atoms with Gasteiger partial charge in [0.1, 0.15) is 0 Å². The Morgan fingerprint density at radius 1 is 0.975 bits per heavy atom. The maximum absolute atomic E-state index is 13.2. The van der Waals surface area contributed by atoms with Crippen LogP contribution in [-0.2, 0) is 22.3 Å². The summed E-state index contributed by atoms with van der Waals surface area (Å²) in [4.78, 5) is 19.8. The van der Waals surface area contributed by atoms with Crippen LogP contribution in [0.25, 0.3) is 0 Å². The number of nitrogens with one attached hydrogen (secondary N) is 1. The number of nitrogens with zero attached hydrogens (tertiary/aromatic N) is 3. The van der Waals surface area contributed by atoms with E-state index in [1.54, 1.807) is 6.07 Å². The molecule has 2 aromatic carbocycles. The fourth-order valence-electron chi connectivity index (χ4n) is 6.47. The molecule has 9 heteroatoms. The van der Waals surface area contributed by atoms with E-state index in [1.807, 2.05) is 6.07 Å². The minimum absolute atomic E-state index is 0.0869. The normalized spacial score (nSPS) is 24.8. The van der Waals surface area contributed by atoms with Crippen molar-refractivity contribution in [3.05, 3.63) is 65.7 Å². The van der Waals surface area contributed by atoms with Gasteiger partial charge in [-0.25, -0.2) is 0 Å². The number of benzene rings is 2. The lowest BCUT2D eigenvalue weighted by molar-refractivity contribution is -0.137. The van der Waals surface area contributed by atoms with Gasteiger partial charge >= 0.3 is 6.18 Å². The molecule has 0 aromatic heterocycles. The average Bonchev–Trinajstić information content (AvgIpc) is 3.49. The van der Waals surface area contributed by atoms with Gasteiger partial charge < -0.3 is 15.0 Å². The second-order valence-electron chi connectivity index (χ2n) is 11.4. The van der Waals surface area contributed by atoms with Gasteiger partial charge in [0.05, 0.1) is 11.7 Å². The maximum Gasteiger partial charge on any atom is 0.416 e. The number of rotatable bonds is 9. The van der Waals surface area contributed by atoms with Crippen LogP contribution in [0.4, 0.5) is 18.9 Å². The van der Waals surface area contributed by atoms with Gasteiger partial charge in [-0.1, -0.05) is 36.4 Å². The zero-order valence-electron chi connectivity index (χ0n) is 23.1. The molecule has 218 valence electrons. The number of amides is 1. The molecular formula is C31H41F3N4O2. The van der Waals surface area contributed by atoms with Crippen molar-refractivity contribution in [1.29, 1.82) is 0 Å². The summed E-state index contributed by atoms with van der Waals surface area (Å²) in [7, 11) is 0. The summed E-state index contributed by atoms with van der Waals surface area (Å²) in [5.41, 5.74) is 1.33. The van der Waals surface area contributed by atoms with Gasteiger partial charge in [0.15, 0.2) is 0 Å².